The molecule has 0 unspecified atom stereocenters. The van der Waals surface area contributed by atoms with Gasteiger partial charge in [0.25, 0.3) is 5.91 Å². The Morgan fingerprint density at radius 1 is 1.37 bits per heavy atom. The van der Waals surface area contributed by atoms with Gasteiger partial charge in [-0.25, -0.2) is 0 Å². The molecule has 19 heavy (non-hydrogen) atoms. The highest BCUT2D eigenvalue weighted by atomic mass is 79.9. The maximum atomic E-state index is 12.2. The third kappa shape index (κ3) is 3.12. The van der Waals surface area contributed by atoms with Crippen LogP contribution in [-0.2, 0) is 0 Å². The summed E-state index contributed by atoms with van der Waals surface area (Å²) in [5.74, 6) is 0.403. The Hall–Kier alpha value is -1.88. The van der Waals surface area contributed by atoms with Crippen molar-refractivity contribution in [3.05, 3.63) is 52.3 Å². The van der Waals surface area contributed by atoms with E-state index in [1.165, 1.54) is 0 Å². The van der Waals surface area contributed by atoms with Gasteiger partial charge in [-0.15, -0.1) is 0 Å². The Morgan fingerprint density at radius 2 is 2.16 bits per heavy atom. The van der Waals surface area contributed by atoms with E-state index >= 15 is 0 Å². The number of halogens is 1. The zero-order valence-electron chi connectivity index (χ0n) is 10.6. The summed E-state index contributed by atoms with van der Waals surface area (Å²) in [7, 11) is 1.56. The largest absolute Gasteiger partial charge is 0.495 e. The van der Waals surface area contributed by atoms with Crippen molar-refractivity contribution in [3.63, 3.8) is 0 Å². The number of nitrogens with one attached hydrogen (secondary N) is 1. The monoisotopic (exact) mass is 320 g/mol. The number of benzene rings is 1. The van der Waals surface area contributed by atoms with Gasteiger partial charge in [0.05, 0.1) is 18.4 Å². The molecule has 0 bridgehead atoms. The molecule has 1 amide bonds. The molecule has 2 rings (SSSR count). The van der Waals surface area contributed by atoms with Crippen molar-refractivity contribution in [2.45, 2.75) is 6.92 Å². The topological polar surface area (TPSA) is 51.2 Å². The first kappa shape index (κ1) is 13.5. The van der Waals surface area contributed by atoms with E-state index in [-0.39, 0.29) is 5.91 Å². The van der Waals surface area contributed by atoms with Gasteiger partial charge in [0.2, 0.25) is 0 Å². The molecule has 1 N–H and O–H groups in total. The van der Waals surface area contributed by atoms with Crippen LogP contribution in [0, 0.1) is 6.92 Å². The standard InChI is InChI=1S/C14H13BrN2O2/c1-9-11(4-3-7-16-9)14(18)17-12-8-10(15)5-6-13(12)19-2/h3-8H,1-2H3,(H,17,18). The van der Waals surface area contributed by atoms with E-state index in [1.807, 2.05) is 6.07 Å². The Kier molecular flexibility index (Phi) is 4.16. The molecule has 0 fully saturated rings. The summed E-state index contributed by atoms with van der Waals surface area (Å²) >= 11 is 3.37. The molecule has 1 heterocycles. The number of hydrogen-bond acceptors (Lipinski definition) is 3. The number of aryl methyl sites for hydroxylation is 1. The van der Waals surface area contributed by atoms with E-state index in [2.05, 4.69) is 26.2 Å². The Morgan fingerprint density at radius 3 is 2.84 bits per heavy atom. The molecule has 2 aromatic rings. The Bertz CT molecular complexity index is 614. The van der Waals surface area contributed by atoms with Gasteiger partial charge in [-0.2, -0.15) is 0 Å². The number of methoxy groups -OCH3 is 1. The fourth-order valence-electron chi connectivity index (χ4n) is 1.69. The first-order valence-corrected chi connectivity index (χ1v) is 6.47. The lowest BCUT2D eigenvalue weighted by atomic mass is 10.2. The highest BCUT2D eigenvalue weighted by molar-refractivity contribution is 9.10. The van der Waals surface area contributed by atoms with Gasteiger partial charge in [-0.3, -0.25) is 9.78 Å². The minimum absolute atomic E-state index is 0.206. The predicted octanol–water partition coefficient (Wildman–Crippen LogP) is 3.41. The van der Waals surface area contributed by atoms with Crippen molar-refractivity contribution in [2.75, 3.05) is 12.4 Å². The van der Waals surface area contributed by atoms with Crippen LogP contribution in [0.15, 0.2) is 41.0 Å². The molecule has 0 atom stereocenters. The molecule has 1 aromatic heterocycles. The lowest BCUT2D eigenvalue weighted by molar-refractivity contribution is 0.102. The van der Waals surface area contributed by atoms with Crippen LogP contribution < -0.4 is 10.1 Å². The molecule has 0 aliphatic carbocycles. The summed E-state index contributed by atoms with van der Waals surface area (Å²) in [6.45, 7) is 1.80. The second-order valence-corrected chi connectivity index (χ2v) is 4.85. The molecule has 0 aliphatic rings. The molecular formula is C14H13BrN2O2. The van der Waals surface area contributed by atoms with E-state index in [9.17, 15) is 4.79 Å². The van der Waals surface area contributed by atoms with Gasteiger partial charge in [-0.05, 0) is 37.3 Å². The summed E-state index contributed by atoms with van der Waals surface area (Å²) in [6, 6.07) is 8.91. The van der Waals surface area contributed by atoms with Crippen LogP contribution in [0.2, 0.25) is 0 Å². The SMILES string of the molecule is COc1ccc(Br)cc1NC(=O)c1cccnc1C. The number of amides is 1. The number of aromatic nitrogens is 1. The fourth-order valence-corrected chi connectivity index (χ4v) is 2.05. The first-order valence-electron chi connectivity index (χ1n) is 5.68. The number of carbonyl (C=O) groups is 1. The molecule has 0 aliphatic heterocycles. The third-order valence-electron chi connectivity index (χ3n) is 2.66. The number of rotatable bonds is 3. The van der Waals surface area contributed by atoms with Gasteiger partial charge in [-0.1, -0.05) is 15.9 Å². The normalized spacial score (nSPS) is 10.1. The highest BCUT2D eigenvalue weighted by Crippen LogP contribution is 2.28. The molecule has 1 aromatic carbocycles. The second-order valence-electron chi connectivity index (χ2n) is 3.94. The number of anilines is 1. The number of ether oxygens (including phenoxy) is 1. The Labute approximate surface area is 119 Å². The van der Waals surface area contributed by atoms with Crippen molar-refractivity contribution >= 4 is 27.5 Å². The van der Waals surface area contributed by atoms with Gasteiger partial charge in [0.15, 0.2) is 0 Å². The molecule has 0 spiro atoms. The van der Waals surface area contributed by atoms with E-state index in [0.29, 0.717) is 22.7 Å². The first-order chi connectivity index (χ1) is 9.11. The van der Waals surface area contributed by atoms with Crippen molar-refractivity contribution in [2.24, 2.45) is 0 Å². The number of carbonyl (C=O) groups excluding carboxylic acids is 1. The zero-order valence-corrected chi connectivity index (χ0v) is 12.2. The predicted molar refractivity (Wildman–Crippen MR) is 77.6 cm³/mol. The van der Waals surface area contributed by atoms with Crippen molar-refractivity contribution in [3.8, 4) is 5.75 Å². The van der Waals surface area contributed by atoms with Crippen molar-refractivity contribution in [1.29, 1.82) is 0 Å². The summed E-state index contributed by atoms with van der Waals surface area (Å²) in [5.41, 5.74) is 1.85. The summed E-state index contributed by atoms with van der Waals surface area (Å²) in [4.78, 5) is 16.3. The smallest absolute Gasteiger partial charge is 0.257 e. The van der Waals surface area contributed by atoms with E-state index in [1.54, 1.807) is 44.5 Å². The molecule has 5 heteroatoms. The third-order valence-corrected chi connectivity index (χ3v) is 3.15. The van der Waals surface area contributed by atoms with Crippen molar-refractivity contribution in [1.82, 2.24) is 4.98 Å². The van der Waals surface area contributed by atoms with E-state index in [4.69, 9.17) is 4.74 Å². The van der Waals surface area contributed by atoms with Crippen LogP contribution in [0.4, 0.5) is 5.69 Å². The van der Waals surface area contributed by atoms with Crippen LogP contribution in [0.1, 0.15) is 16.1 Å². The Balaban J connectivity index is 2.29. The van der Waals surface area contributed by atoms with Gasteiger partial charge in [0.1, 0.15) is 5.75 Å². The van der Waals surface area contributed by atoms with Crippen molar-refractivity contribution < 1.29 is 9.53 Å². The minimum Gasteiger partial charge on any atom is -0.495 e. The summed E-state index contributed by atoms with van der Waals surface area (Å²) in [5, 5.41) is 2.83. The number of hydrogen-bond donors (Lipinski definition) is 1. The summed E-state index contributed by atoms with van der Waals surface area (Å²) < 4.78 is 6.08. The molecule has 0 radical (unpaired) electrons. The fraction of sp³-hybridized carbons (Fsp3) is 0.143. The van der Waals surface area contributed by atoms with E-state index in [0.717, 1.165) is 4.47 Å². The van der Waals surface area contributed by atoms with Gasteiger partial charge < -0.3 is 10.1 Å². The molecule has 98 valence electrons. The van der Waals surface area contributed by atoms with Crippen LogP contribution in [0.3, 0.4) is 0 Å². The lowest BCUT2D eigenvalue weighted by Crippen LogP contribution is -2.14. The maximum Gasteiger partial charge on any atom is 0.257 e. The number of pyridine rings is 1. The lowest BCUT2D eigenvalue weighted by Gasteiger charge is -2.11. The molecule has 0 saturated carbocycles. The van der Waals surface area contributed by atoms with Crippen LogP contribution in [0.25, 0.3) is 0 Å². The quantitative estimate of drug-likeness (QED) is 0.942. The van der Waals surface area contributed by atoms with Gasteiger partial charge in [0, 0.05) is 16.4 Å². The molecule has 0 saturated heterocycles. The molecular weight excluding hydrogens is 308 g/mol. The van der Waals surface area contributed by atoms with Crippen LogP contribution in [0.5, 0.6) is 5.75 Å². The average molecular weight is 321 g/mol. The van der Waals surface area contributed by atoms with Gasteiger partial charge >= 0.3 is 0 Å². The summed E-state index contributed by atoms with van der Waals surface area (Å²) in [6.07, 6.45) is 1.66. The minimum atomic E-state index is -0.206. The van der Waals surface area contributed by atoms with Crippen LogP contribution in [-0.4, -0.2) is 18.0 Å². The highest BCUT2D eigenvalue weighted by Gasteiger charge is 2.12. The number of nitrogens with zero attached hydrogens (tertiary/aromatic N) is 1. The maximum absolute atomic E-state index is 12.2. The van der Waals surface area contributed by atoms with E-state index < -0.39 is 0 Å². The second kappa shape index (κ2) is 5.84. The molecule has 4 nitrogen and oxygen atoms in total. The van der Waals surface area contributed by atoms with Crippen LogP contribution >= 0.6 is 15.9 Å². The zero-order chi connectivity index (χ0) is 13.8. The average Bonchev–Trinajstić information content (AvgIpc) is 2.39.